The van der Waals surface area contributed by atoms with E-state index in [1.165, 1.54) is 0 Å². The number of amides is 2. The molecule has 0 radical (unpaired) electrons. The lowest BCUT2D eigenvalue weighted by molar-refractivity contribution is -0.148. The highest BCUT2D eigenvalue weighted by Gasteiger charge is 2.46. The molecule has 0 aliphatic heterocycles. The number of carbonyl (C=O) groups is 2. The summed E-state index contributed by atoms with van der Waals surface area (Å²) in [5.74, 6) is -0.346. The first kappa shape index (κ1) is 11.2. The first-order valence-electron chi connectivity index (χ1n) is 5.85. The Labute approximate surface area is 94.6 Å². The molecule has 3 N–H and O–H groups in total. The van der Waals surface area contributed by atoms with Gasteiger partial charge < -0.3 is 15.7 Å². The molecule has 2 fully saturated rings. The Hall–Kier alpha value is -1.26. The summed E-state index contributed by atoms with van der Waals surface area (Å²) in [6, 6.07) is -0.201. The Morgan fingerprint density at radius 1 is 1.38 bits per heavy atom. The smallest absolute Gasteiger partial charge is 0.329 e. The SMILES string of the molecule is CC(NC(=O)NC1(C(=O)O)CCC1)C1CC1. The number of carboxylic acids is 1. The summed E-state index contributed by atoms with van der Waals surface area (Å²) in [5, 5.41) is 14.4. The predicted octanol–water partition coefficient (Wildman–Crippen LogP) is 1.09. The lowest BCUT2D eigenvalue weighted by Crippen LogP contribution is -2.61. The van der Waals surface area contributed by atoms with Gasteiger partial charge in [-0.3, -0.25) is 0 Å². The van der Waals surface area contributed by atoms with Crippen LogP contribution >= 0.6 is 0 Å². The van der Waals surface area contributed by atoms with Crippen LogP contribution in [-0.2, 0) is 4.79 Å². The maximum atomic E-state index is 11.6. The van der Waals surface area contributed by atoms with Gasteiger partial charge >= 0.3 is 12.0 Å². The van der Waals surface area contributed by atoms with Gasteiger partial charge in [0.2, 0.25) is 0 Å². The number of rotatable bonds is 4. The van der Waals surface area contributed by atoms with E-state index in [1.807, 2.05) is 6.92 Å². The lowest BCUT2D eigenvalue weighted by atomic mass is 9.77. The lowest BCUT2D eigenvalue weighted by Gasteiger charge is -2.38. The van der Waals surface area contributed by atoms with Gasteiger partial charge in [-0.2, -0.15) is 0 Å². The zero-order chi connectivity index (χ0) is 11.8. The summed E-state index contributed by atoms with van der Waals surface area (Å²) in [6.45, 7) is 1.96. The largest absolute Gasteiger partial charge is 0.480 e. The highest BCUT2D eigenvalue weighted by atomic mass is 16.4. The second-order valence-corrected chi connectivity index (χ2v) is 4.97. The highest BCUT2D eigenvalue weighted by Crippen LogP contribution is 2.33. The molecular formula is C11H18N2O3. The van der Waals surface area contributed by atoms with Crippen LogP contribution < -0.4 is 10.6 Å². The van der Waals surface area contributed by atoms with E-state index in [0.717, 1.165) is 19.3 Å². The minimum absolute atomic E-state index is 0.144. The quantitative estimate of drug-likeness (QED) is 0.671. The second kappa shape index (κ2) is 3.96. The molecule has 5 nitrogen and oxygen atoms in total. The van der Waals surface area contributed by atoms with Crippen molar-refractivity contribution in [2.75, 3.05) is 0 Å². The van der Waals surface area contributed by atoms with Crippen molar-refractivity contribution in [1.29, 1.82) is 0 Å². The van der Waals surface area contributed by atoms with Crippen molar-refractivity contribution in [3.05, 3.63) is 0 Å². The van der Waals surface area contributed by atoms with Crippen LogP contribution in [-0.4, -0.2) is 28.7 Å². The van der Waals surface area contributed by atoms with Crippen molar-refractivity contribution < 1.29 is 14.7 Å². The first-order chi connectivity index (χ1) is 7.53. The molecule has 2 amide bonds. The van der Waals surface area contributed by atoms with Crippen LogP contribution in [0.25, 0.3) is 0 Å². The molecule has 0 bridgehead atoms. The highest BCUT2D eigenvalue weighted by molar-refractivity contribution is 5.87. The van der Waals surface area contributed by atoms with Gasteiger partial charge in [0.25, 0.3) is 0 Å². The van der Waals surface area contributed by atoms with E-state index < -0.39 is 11.5 Å². The maximum absolute atomic E-state index is 11.6. The zero-order valence-corrected chi connectivity index (χ0v) is 9.45. The van der Waals surface area contributed by atoms with Crippen LogP contribution in [0.15, 0.2) is 0 Å². The standard InChI is InChI=1S/C11H18N2O3/c1-7(8-3-4-8)12-10(16)13-11(9(14)15)5-2-6-11/h7-8H,2-6H2,1H3,(H,14,15)(H2,12,13,16). The molecule has 2 rings (SSSR count). The van der Waals surface area contributed by atoms with Gasteiger partial charge in [-0.15, -0.1) is 0 Å². The van der Waals surface area contributed by atoms with Crippen molar-refractivity contribution in [3.8, 4) is 0 Å². The van der Waals surface area contributed by atoms with Crippen molar-refractivity contribution >= 4 is 12.0 Å². The van der Waals surface area contributed by atoms with Gasteiger partial charge in [0.1, 0.15) is 5.54 Å². The number of aliphatic carboxylic acids is 1. The molecule has 5 heteroatoms. The Kier molecular flexibility index (Phi) is 2.78. The third-order valence-corrected chi connectivity index (χ3v) is 3.66. The van der Waals surface area contributed by atoms with Gasteiger partial charge in [0, 0.05) is 6.04 Å². The molecule has 0 spiro atoms. The van der Waals surface area contributed by atoms with Crippen molar-refractivity contribution in [2.24, 2.45) is 5.92 Å². The minimum atomic E-state index is -1.01. The molecule has 1 atom stereocenters. The van der Waals surface area contributed by atoms with E-state index in [0.29, 0.717) is 18.8 Å². The molecule has 2 aliphatic rings. The van der Waals surface area contributed by atoms with Gasteiger partial charge in [0.15, 0.2) is 0 Å². The van der Waals surface area contributed by atoms with E-state index in [1.54, 1.807) is 0 Å². The van der Waals surface area contributed by atoms with Crippen molar-refractivity contribution in [3.63, 3.8) is 0 Å². The Morgan fingerprint density at radius 3 is 2.38 bits per heavy atom. The van der Waals surface area contributed by atoms with Gasteiger partial charge in [-0.25, -0.2) is 9.59 Å². The van der Waals surface area contributed by atoms with Gasteiger partial charge in [-0.1, -0.05) is 0 Å². The first-order valence-corrected chi connectivity index (χ1v) is 5.85. The zero-order valence-electron chi connectivity index (χ0n) is 9.45. The Bertz CT molecular complexity index is 308. The van der Waals surface area contributed by atoms with Crippen molar-refractivity contribution in [1.82, 2.24) is 10.6 Å². The fraction of sp³-hybridized carbons (Fsp3) is 0.818. The number of hydrogen-bond donors (Lipinski definition) is 3. The fourth-order valence-electron chi connectivity index (χ4n) is 2.10. The number of nitrogens with one attached hydrogen (secondary N) is 2. The monoisotopic (exact) mass is 226 g/mol. The summed E-state index contributed by atoms with van der Waals surface area (Å²) in [6.07, 6.45) is 4.25. The summed E-state index contributed by atoms with van der Waals surface area (Å²) in [4.78, 5) is 22.6. The third kappa shape index (κ3) is 2.13. The maximum Gasteiger partial charge on any atom is 0.329 e. The molecule has 0 aromatic carbocycles. The molecule has 0 aromatic rings. The average molecular weight is 226 g/mol. The van der Waals surface area contributed by atoms with Crippen LogP contribution in [0.4, 0.5) is 4.79 Å². The van der Waals surface area contributed by atoms with Crippen LogP contribution in [0, 0.1) is 5.92 Å². The second-order valence-electron chi connectivity index (χ2n) is 4.97. The summed E-state index contributed by atoms with van der Waals surface area (Å²) < 4.78 is 0. The molecule has 0 aromatic heterocycles. The van der Waals surface area contributed by atoms with E-state index in [2.05, 4.69) is 10.6 Å². The normalized spacial score (nSPS) is 24.1. The third-order valence-electron chi connectivity index (χ3n) is 3.66. The molecule has 90 valence electrons. The molecule has 0 heterocycles. The number of hydrogen-bond acceptors (Lipinski definition) is 2. The Balaban J connectivity index is 1.83. The number of carboxylic acid groups (broad SMARTS) is 1. The van der Waals surface area contributed by atoms with Crippen molar-refractivity contribution in [2.45, 2.75) is 50.6 Å². The fourth-order valence-corrected chi connectivity index (χ4v) is 2.10. The topological polar surface area (TPSA) is 78.4 Å². The average Bonchev–Trinajstić information content (AvgIpc) is 2.93. The number of carbonyl (C=O) groups excluding carboxylic acids is 1. The van der Waals surface area contributed by atoms with Crippen LogP contribution in [0.5, 0.6) is 0 Å². The molecule has 2 aliphatic carbocycles. The Morgan fingerprint density at radius 2 is 2.00 bits per heavy atom. The number of urea groups is 1. The van der Waals surface area contributed by atoms with Crippen LogP contribution in [0.1, 0.15) is 39.0 Å². The molecule has 2 saturated carbocycles. The molecule has 16 heavy (non-hydrogen) atoms. The molecule has 0 saturated heterocycles. The van der Waals surface area contributed by atoms with Crippen LogP contribution in [0.2, 0.25) is 0 Å². The van der Waals surface area contributed by atoms with E-state index in [-0.39, 0.29) is 12.1 Å². The van der Waals surface area contributed by atoms with E-state index >= 15 is 0 Å². The molecule has 1 unspecified atom stereocenters. The summed E-state index contributed by atoms with van der Waals surface area (Å²) in [5.41, 5.74) is -1.01. The summed E-state index contributed by atoms with van der Waals surface area (Å²) >= 11 is 0. The van der Waals surface area contributed by atoms with E-state index in [4.69, 9.17) is 5.11 Å². The molecular weight excluding hydrogens is 208 g/mol. The van der Waals surface area contributed by atoms with Crippen LogP contribution in [0.3, 0.4) is 0 Å². The van der Waals surface area contributed by atoms with E-state index in [9.17, 15) is 9.59 Å². The van der Waals surface area contributed by atoms with Gasteiger partial charge in [-0.05, 0) is 44.9 Å². The predicted molar refractivity (Wildman–Crippen MR) is 58.1 cm³/mol. The van der Waals surface area contributed by atoms with Gasteiger partial charge in [0.05, 0.1) is 0 Å². The minimum Gasteiger partial charge on any atom is -0.480 e. The summed E-state index contributed by atoms with van der Waals surface area (Å²) in [7, 11) is 0.